The van der Waals surface area contributed by atoms with Gasteiger partial charge < -0.3 is 19.2 Å². The Balaban J connectivity index is 0.000000166. The standard InChI is InChI=1S/C11H13N.C8H16O.C7H12O2.C2H6/c1-8(2)11-7-9-5-3-4-6-10(9)12-11;1-6(2)7-5-8(3,4)9-7;1-5-8-6-2-3-7(4-6)9-5;1-2/h3-8,12H,1-2H3;6-7H,5H2,1-4H3;5-7H,2-4H2,1H3;1-2H3. The van der Waals surface area contributed by atoms with Gasteiger partial charge in [0.2, 0.25) is 0 Å². The van der Waals surface area contributed by atoms with Gasteiger partial charge in [0.05, 0.1) is 23.9 Å². The molecule has 3 unspecified atom stereocenters. The van der Waals surface area contributed by atoms with E-state index in [2.05, 4.69) is 76.9 Å². The van der Waals surface area contributed by atoms with Crippen LogP contribution in [0.4, 0.5) is 0 Å². The second-order valence-electron chi connectivity index (χ2n) is 10.2. The number of hydrogen-bond acceptors (Lipinski definition) is 3. The predicted octanol–water partition coefficient (Wildman–Crippen LogP) is 7.83. The Hall–Kier alpha value is -1.36. The molecule has 1 N–H and O–H groups in total. The smallest absolute Gasteiger partial charge is 0.155 e. The first kappa shape index (κ1) is 26.9. The number of aromatic nitrogens is 1. The van der Waals surface area contributed by atoms with Crippen LogP contribution in [0.1, 0.15) is 99.6 Å². The fourth-order valence-corrected chi connectivity index (χ4v) is 4.39. The van der Waals surface area contributed by atoms with E-state index in [1.54, 1.807) is 0 Å². The van der Waals surface area contributed by atoms with Gasteiger partial charge in [-0.25, -0.2) is 0 Å². The highest BCUT2D eigenvalue weighted by Crippen LogP contribution is 2.35. The van der Waals surface area contributed by atoms with Crippen molar-refractivity contribution in [1.82, 2.24) is 4.98 Å². The maximum absolute atomic E-state index is 5.59. The molecule has 2 aliphatic heterocycles. The number of aromatic amines is 1. The normalized spacial score (nSPS) is 27.5. The number of H-pyrrole nitrogens is 1. The molecule has 1 aromatic heterocycles. The van der Waals surface area contributed by atoms with Crippen LogP contribution in [-0.2, 0) is 14.2 Å². The molecular weight excluding hydrogens is 398 g/mol. The predicted molar refractivity (Wildman–Crippen MR) is 135 cm³/mol. The van der Waals surface area contributed by atoms with Gasteiger partial charge in [0, 0.05) is 24.1 Å². The molecule has 3 heterocycles. The van der Waals surface area contributed by atoms with Crippen LogP contribution in [-0.4, -0.2) is 35.2 Å². The van der Waals surface area contributed by atoms with Crippen LogP contribution in [0.5, 0.6) is 0 Å². The summed E-state index contributed by atoms with van der Waals surface area (Å²) in [5.74, 6) is 1.27. The summed E-state index contributed by atoms with van der Waals surface area (Å²) in [7, 11) is 0. The molecule has 1 aromatic carbocycles. The topological polar surface area (TPSA) is 43.5 Å². The molecule has 2 aromatic rings. The van der Waals surface area contributed by atoms with Crippen LogP contribution in [0.3, 0.4) is 0 Å². The lowest BCUT2D eigenvalue weighted by atomic mass is 9.87. The van der Waals surface area contributed by atoms with E-state index < -0.39 is 0 Å². The van der Waals surface area contributed by atoms with Gasteiger partial charge in [-0.15, -0.1) is 0 Å². The molecular formula is C28H47NO3. The van der Waals surface area contributed by atoms with Crippen molar-refractivity contribution >= 4 is 10.9 Å². The van der Waals surface area contributed by atoms with Gasteiger partial charge in [-0.3, -0.25) is 0 Å². The van der Waals surface area contributed by atoms with Crippen molar-refractivity contribution < 1.29 is 14.2 Å². The number of ether oxygens (including phenoxy) is 3. The second-order valence-corrected chi connectivity index (χ2v) is 10.2. The number of benzene rings is 1. The molecule has 1 saturated carbocycles. The summed E-state index contributed by atoms with van der Waals surface area (Å²) in [6.07, 6.45) is 6.37. The number of hydrogen-bond donors (Lipinski definition) is 1. The molecule has 4 nitrogen and oxygen atoms in total. The highest BCUT2D eigenvalue weighted by molar-refractivity contribution is 5.80. The zero-order valence-corrected chi connectivity index (χ0v) is 21.9. The minimum atomic E-state index is 0.0521. The Morgan fingerprint density at radius 1 is 0.969 bits per heavy atom. The number of para-hydroxylation sites is 1. The van der Waals surface area contributed by atoms with Crippen molar-refractivity contribution in [1.29, 1.82) is 0 Å². The molecule has 2 saturated heterocycles. The van der Waals surface area contributed by atoms with E-state index in [-0.39, 0.29) is 11.9 Å². The van der Waals surface area contributed by atoms with Gasteiger partial charge in [-0.05, 0) is 63.0 Å². The third-order valence-electron chi connectivity index (χ3n) is 6.18. The largest absolute Gasteiger partial charge is 0.372 e. The summed E-state index contributed by atoms with van der Waals surface area (Å²) in [6.45, 7) is 19.1. The van der Waals surface area contributed by atoms with E-state index in [1.165, 1.54) is 35.9 Å². The van der Waals surface area contributed by atoms with Gasteiger partial charge in [0.15, 0.2) is 6.29 Å². The van der Waals surface area contributed by atoms with Crippen LogP contribution >= 0.6 is 0 Å². The van der Waals surface area contributed by atoms with Gasteiger partial charge in [-0.2, -0.15) is 0 Å². The van der Waals surface area contributed by atoms with Gasteiger partial charge in [0.1, 0.15) is 0 Å². The first-order valence-corrected chi connectivity index (χ1v) is 12.7. The number of rotatable bonds is 2. The molecule has 3 atom stereocenters. The quantitative estimate of drug-likeness (QED) is 0.512. The van der Waals surface area contributed by atoms with Crippen molar-refractivity contribution in [3.8, 4) is 0 Å². The molecule has 5 rings (SSSR count). The second kappa shape index (κ2) is 12.2. The zero-order valence-electron chi connectivity index (χ0n) is 21.9. The van der Waals surface area contributed by atoms with Crippen molar-refractivity contribution in [2.24, 2.45) is 5.92 Å². The Morgan fingerprint density at radius 3 is 1.97 bits per heavy atom. The zero-order chi connectivity index (χ0) is 23.9. The van der Waals surface area contributed by atoms with E-state index in [4.69, 9.17) is 14.2 Å². The molecule has 2 bridgehead atoms. The van der Waals surface area contributed by atoms with E-state index >= 15 is 0 Å². The van der Waals surface area contributed by atoms with E-state index in [0.717, 1.165) is 6.42 Å². The first-order valence-electron chi connectivity index (χ1n) is 12.7. The Labute approximate surface area is 196 Å². The van der Waals surface area contributed by atoms with Crippen LogP contribution in [0.25, 0.3) is 10.9 Å². The minimum Gasteiger partial charge on any atom is -0.372 e. The molecule has 32 heavy (non-hydrogen) atoms. The van der Waals surface area contributed by atoms with E-state index in [1.807, 2.05) is 20.8 Å². The molecule has 0 spiro atoms. The summed E-state index contributed by atoms with van der Waals surface area (Å²) >= 11 is 0. The van der Waals surface area contributed by atoms with Gasteiger partial charge in [-0.1, -0.05) is 59.7 Å². The Bertz CT molecular complexity index is 742. The minimum absolute atomic E-state index is 0.0521. The molecule has 3 fully saturated rings. The average molecular weight is 446 g/mol. The highest BCUT2D eigenvalue weighted by atomic mass is 16.7. The summed E-state index contributed by atoms with van der Waals surface area (Å²) in [5.41, 5.74) is 2.73. The van der Waals surface area contributed by atoms with Crippen molar-refractivity contribution in [2.45, 2.75) is 124 Å². The van der Waals surface area contributed by atoms with Crippen molar-refractivity contribution in [2.75, 3.05) is 0 Å². The van der Waals surface area contributed by atoms with Crippen LogP contribution in [0, 0.1) is 5.92 Å². The lowest BCUT2D eigenvalue weighted by Crippen LogP contribution is -2.48. The lowest BCUT2D eigenvalue weighted by Gasteiger charge is -2.45. The summed E-state index contributed by atoms with van der Waals surface area (Å²) in [6, 6.07) is 10.6. The lowest BCUT2D eigenvalue weighted by molar-refractivity contribution is -0.208. The van der Waals surface area contributed by atoms with Crippen LogP contribution in [0.2, 0.25) is 0 Å². The molecule has 182 valence electrons. The molecule has 0 radical (unpaired) electrons. The highest BCUT2D eigenvalue weighted by Gasteiger charge is 2.38. The summed E-state index contributed by atoms with van der Waals surface area (Å²) in [5, 5.41) is 1.31. The van der Waals surface area contributed by atoms with E-state index in [9.17, 15) is 0 Å². The van der Waals surface area contributed by atoms with E-state index in [0.29, 0.717) is 30.1 Å². The maximum atomic E-state index is 5.59. The van der Waals surface area contributed by atoms with Crippen LogP contribution in [0.15, 0.2) is 30.3 Å². The molecule has 3 aliphatic rings. The Kier molecular flexibility index (Phi) is 10.3. The van der Waals surface area contributed by atoms with Gasteiger partial charge >= 0.3 is 0 Å². The summed E-state index contributed by atoms with van der Waals surface area (Å²) < 4.78 is 16.5. The maximum Gasteiger partial charge on any atom is 0.155 e. The third kappa shape index (κ3) is 7.90. The average Bonchev–Trinajstić information content (AvgIpc) is 3.31. The molecule has 4 heteroatoms. The van der Waals surface area contributed by atoms with Crippen molar-refractivity contribution in [3.05, 3.63) is 36.0 Å². The van der Waals surface area contributed by atoms with Crippen molar-refractivity contribution in [3.63, 3.8) is 0 Å². The monoisotopic (exact) mass is 445 g/mol. The van der Waals surface area contributed by atoms with Gasteiger partial charge in [0.25, 0.3) is 0 Å². The third-order valence-corrected chi connectivity index (χ3v) is 6.18. The summed E-state index contributed by atoms with van der Waals surface area (Å²) in [4.78, 5) is 3.40. The number of fused-ring (bicyclic) bond motifs is 3. The van der Waals surface area contributed by atoms with Crippen LogP contribution < -0.4 is 0 Å². The first-order chi connectivity index (χ1) is 15.1. The fraction of sp³-hybridized carbons (Fsp3) is 0.714. The number of nitrogens with one attached hydrogen (secondary N) is 1. The Morgan fingerprint density at radius 2 is 1.53 bits per heavy atom. The fourth-order valence-electron chi connectivity index (χ4n) is 4.39. The molecule has 1 aliphatic carbocycles. The molecule has 0 amide bonds. The SMILES string of the molecule is CC.CC(C)C1CC(C)(C)O1.CC(C)c1cc2ccccc2[nH]1.CC1OC2CCC(C2)O1.